The second kappa shape index (κ2) is 5.38. The molecule has 2 nitrogen and oxygen atoms in total. The molecule has 4 heteroatoms. The number of halogens is 1. The van der Waals surface area contributed by atoms with E-state index in [2.05, 4.69) is 23.3 Å². The maximum atomic E-state index is 13.8. The monoisotopic (exact) mass is 250 g/mol. The number of nitrogens with zero attached hydrogens (tertiary/aromatic N) is 1. The van der Waals surface area contributed by atoms with Crippen LogP contribution in [0.3, 0.4) is 0 Å². The van der Waals surface area contributed by atoms with Gasteiger partial charge in [0.25, 0.3) is 0 Å². The van der Waals surface area contributed by atoms with Gasteiger partial charge in [0, 0.05) is 21.5 Å². The number of nitrogens with one attached hydrogen (secondary N) is 1. The van der Waals surface area contributed by atoms with Crippen molar-refractivity contribution in [3.63, 3.8) is 0 Å². The number of aryl methyl sites for hydroxylation is 1. The van der Waals surface area contributed by atoms with E-state index in [-0.39, 0.29) is 11.9 Å². The van der Waals surface area contributed by atoms with Gasteiger partial charge in [0.2, 0.25) is 0 Å². The van der Waals surface area contributed by atoms with Crippen LogP contribution in [0.15, 0.2) is 30.6 Å². The molecule has 2 heterocycles. The third kappa shape index (κ3) is 2.70. The molecule has 2 aromatic heterocycles. The fraction of sp³-hybridized carbons (Fsp3) is 0.308. The summed E-state index contributed by atoms with van der Waals surface area (Å²) in [4.78, 5) is 6.15. The van der Waals surface area contributed by atoms with Gasteiger partial charge in [-0.2, -0.15) is 0 Å². The molecule has 0 aliphatic rings. The lowest BCUT2D eigenvalue weighted by molar-refractivity contribution is 0.558. The fourth-order valence-electron chi connectivity index (χ4n) is 1.80. The molecule has 0 aromatic carbocycles. The van der Waals surface area contributed by atoms with E-state index in [1.54, 1.807) is 23.6 Å². The molecule has 17 heavy (non-hydrogen) atoms. The average molecular weight is 250 g/mol. The largest absolute Gasteiger partial charge is 0.306 e. The van der Waals surface area contributed by atoms with Crippen molar-refractivity contribution < 1.29 is 4.39 Å². The highest BCUT2D eigenvalue weighted by molar-refractivity contribution is 7.12. The minimum absolute atomic E-state index is 0.0818. The van der Waals surface area contributed by atoms with Gasteiger partial charge in [-0.15, -0.1) is 11.3 Å². The lowest BCUT2D eigenvalue weighted by Crippen LogP contribution is -2.22. The Morgan fingerprint density at radius 3 is 2.82 bits per heavy atom. The van der Waals surface area contributed by atoms with E-state index < -0.39 is 0 Å². The predicted molar refractivity (Wildman–Crippen MR) is 68.8 cm³/mol. The van der Waals surface area contributed by atoms with Gasteiger partial charge < -0.3 is 5.32 Å². The average Bonchev–Trinajstić information content (AvgIpc) is 2.74. The first kappa shape index (κ1) is 12.2. The van der Waals surface area contributed by atoms with Gasteiger partial charge in [-0.25, -0.2) is 4.39 Å². The van der Waals surface area contributed by atoms with E-state index in [1.165, 1.54) is 11.1 Å². The van der Waals surface area contributed by atoms with Crippen LogP contribution in [0.5, 0.6) is 0 Å². The zero-order valence-corrected chi connectivity index (χ0v) is 10.7. The third-order valence-corrected chi connectivity index (χ3v) is 3.63. The van der Waals surface area contributed by atoms with Crippen LogP contribution in [-0.4, -0.2) is 11.5 Å². The summed E-state index contributed by atoms with van der Waals surface area (Å²) in [5, 5.41) is 3.31. The minimum atomic E-state index is -0.260. The minimum Gasteiger partial charge on any atom is -0.306 e. The van der Waals surface area contributed by atoms with Gasteiger partial charge in [0.15, 0.2) is 0 Å². The Bertz CT molecular complexity index is 496. The van der Waals surface area contributed by atoms with Crippen LogP contribution in [0.2, 0.25) is 0 Å². The molecular formula is C13H15FN2S. The van der Waals surface area contributed by atoms with Crippen molar-refractivity contribution in [3.05, 3.63) is 51.7 Å². The molecule has 0 aliphatic heterocycles. The molecule has 1 N–H and O–H groups in total. The molecular weight excluding hydrogens is 235 g/mol. The maximum absolute atomic E-state index is 13.8. The normalized spacial score (nSPS) is 12.6. The number of aromatic nitrogens is 1. The van der Waals surface area contributed by atoms with Crippen molar-refractivity contribution in [1.82, 2.24) is 10.3 Å². The molecule has 0 radical (unpaired) electrons. The lowest BCUT2D eigenvalue weighted by Gasteiger charge is -2.17. The zero-order valence-electron chi connectivity index (χ0n) is 9.90. The van der Waals surface area contributed by atoms with Crippen LogP contribution in [-0.2, 0) is 0 Å². The molecule has 0 aliphatic carbocycles. The van der Waals surface area contributed by atoms with Crippen molar-refractivity contribution in [2.75, 3.05) is 6.54 Å². The van der Waals surface area contributed by atoms with Gasteiger partial charge in [-0.1, -0.05) is 6.92 Å². The van der Waals surface area contributed by atoms with Gasteiger partial charge in [-0.3, -0.25) is 4.98 Å². The molecule has 0 saturated carbocycles. The Morgan fingerprint density at radius 2 is 2.24 bits per heavy atom. The highest BCUT2D eigenvalue weighted by Gasteiger charge is 2.18. The first-order valence-electron chi connectivity index (χ1n) is 5.61. The number of hydrogen-bond donors (Lipinski definition) is 1. The Hall–Kier alpha value is -1.26. The predicted octanol–water partition coefficient (Wildman–Crippen LogP) is 3.29. The summed E-state index contributed by atoms with van der Waals surface area (Å²) >= 11 is 1.69. The summed E-state index contributed by atoms with van der Waals surface area (Å²) in [5.41, 5.74) is 0.656. The van der Waals surface area contributed by atoms with Gasteiger partial charge in [0.05, 0.1) is 12.2 Å². The fourth-order valence-corrected chi connectivity index (χ4v) is 2.77. The van der Waals surface area contributed by atoms with Crippen molar-refractivity contribution in [3.8, 4) is 0 Å². The summed E-state index contributed by atoms with van der Waals surface area (Å²) in [6.07, 6.45) is 2.89. The third-order valence-electron chi connectivity index (χ3n) is 2.57. The van der Waals surface area contributed by atoms with E-state index in [9.17, 15) is 4.39 Å². The molecule has 1 unspecified atom stereocenters. The van der Waals surface area contributed by atoms with E-state index in [1.807, 2.05) is 13.0 Å². The molecule has 0 saturated heterocycles. The standard InChI is InChI=1S/C13H15FN2S/c1-3-16-13(12-5-4-9(2)17-12)10-6-7-15-8-11(10)14/h4-8,13,16H,3H2,1-2H3. The molecule has 0 amide bonds. The van der Waals surface area contributed by atoms with Crippen LogP contribution in [0.25, 0.3) is 0 Å². The van der Waals surface area contributed by atoms with Gasteiger partial charge >= 0.3 is 0 Å². The van der Waals surface area contributed by atoms with Gasteiger partial charge in [-0.05, 0) is 31.7 Å². The Kier molecular flexibility index (Phi) is 3.86. The van der Waals surface area contributed by atoms with Crippen LogP contribution in [0, 0.1) is 12.7 Å². The second-order valence-corrected chi connectivity index (χ2v) is 5.16. The van der Waals surface area contributed by atoms with Crippen molar-refractivity contribution >= 4 is 11.3 Å². The highest BCUT2D eigenvalue weighted by Crippen LogP contribution is 2.29. The second-order valence-electron chi connectivity index (χ2n) is 3.84. The quantitative estimate of drug-likeness (QED) is 0.900. The summed E-state index contributed by atoms with van der Waals surface area (Å²) in [7, 11) is 0. The Labute approximate surface area is 105 Å². The van der Waals surface area contributed by atoms with Crippen LogP contribution >= 0.6 is 11.3 Å². The van der Waals surface area contributed by atoms with Crippen molar-refractivity contribution in [2.45, 2.75) is 19.9 Å². The van der Waals surface area contributed by atoms with Gasteiger partial charge in [0.1, 0.15) is 5.82 Å². The topological polar surface area (TPSA) is 24.9 Å². The van der Waals surface area contributed by atoms with Crippen LogP contribution < -0.4 is 5.32 Å². The number of pyridine rings is 1. The van der Waals surface area contributed by atoms with E-state index in [4.69, 9.17) is 0 Å². The SMILES string of the molecule is CCNC(c1ccc(C)s1)c1ccncc1F. The smallest absolute Gasteiger partial charge is 0.146 e. The number of rotatable bonds is 4. The van der Waals surface area contributed by atoms with Crippen molar-refractivity contribution in [1.29, 1.82) is 0 Å². The van der Waals surface area contributed by atoms with Crippen LogP contribution in [0.1, 0.15) is 28.3 Å². The Balaban J connectivity index is 2.39. The van der Waals surface area contributed by atoms with Crippen molar-refractivity contribution in [2.24, 2.45) is 0 Å². The first-order chi connectivity index (χ1) is 8.22. The summed E-state index contributed by atoms with van der Waals surface area (Å²) < 4.78 is 13.8. The molecule has 2 rings (SSSR count). The Morgan fingerprint density at radius 1 is 1.41 bits per heavy atom. The zero-order chi connectivity index (χ0) is 12.3. The molecule has 1 atom stereocenters. The number of thiophene rings is 1. The summed E-state index contributed by atoms with van der Waals surface area (Å²) in [6.45, 7) is 4.87. The summed E-state index contributed by atoms with van der Waals surface area (Å²) in [5.74, 6) is -0.260. The lowest BCUT2D eigenvalue weighted by atomic mass is 10.1. The molecule has 90 valence electrons. The molecule has 0 spiro atoms. The molecule has 2 aromatic rings. The highest BCUT2D eigenvalue weighted by atomic mass is 32.1. The number of hydrogen-bond acceptors (Lipinski definition) is 3. The van der Waals surface area contributed by atoms with E-state index >= 15 is 0 Å². The first-order valence-corrected chi connectivity index (χ1v) is 6.43. The molecule has 0 fully saturated rings. The molecule has 0 bridgehead atoms. The maximum Gasteiger partial charge on any atom is 0.146 e. The van der Waals surface area contributed by atoms with E-state index in [0.29, 0.717) is 5.56 Å². The van der Waals surface area contributed by atoms with Crippen LogP contribution in [0.4, 0.5) is 4.39 Å². The van der Waals surface area contributed by atoms with E-state index in [0.717, 1.165) is 11.4 Å². The summed E-state index contributed by atoms with van der Waals surface area (Å²) in [6, 6.07) is 5.76.